The van der Waals surface area contributed by atoms with Crippen molar-refractivity contribution in [3.8, 4) is 0 Å². The molecule has 0 aliphatic carbocycles. The number of hydrogen-bond donors (Lipinski definition) is 2. The van der Waals surface area contributed by atoms with Crippen LogP contribution in [0.5, 0.6) is 0 Å². The maximum absolute atomic E-state index is 10.7. The van der Waals surface area contributed by atoms with Crippen LogP contribution in [-0.4, -0.2) is 5.11 Å². The molecule has 0 aliphatic rings. The van der Waals surface area contributed by atoms with Crippen molar-refractivity contribution in [2.75, 3.05) is 5.32 Å². The fourth-order valence-electron chi connectivity index (χ4n) is 2.79. The largest absolute Gasteiger partial charge is 0.388 e. The minimum Gasteiger partial charge on any atom is -0.388 e. The molecule has 0 amide bonds. The van der Waals surface area contributed by atoms with E-state index in [-0.39, 0.29) is 6.04 Å². The molecule has 2 unspecified atom stereocenters. The molecule has 0 saturated heterocycles. The molecule has 0 fully saturated rings. The third-order valence-corrected chi connectivity index (χ3v) is 5.17. The topological polar surface area (TPSA) is 32.3 Å². The fraction of sp³-hybridized carbons (Fsp3) is 0.143. The SMILES string of the molecule is OC(CC(Nc1ccc(Cl)cc1)c1ccc(Cl)c(Cl)c1)c1ccccc1. The molecule has 0 aliphatic heterocycles. The van der Waals surface area contributed by atoms with Crippen LogP contribution >= 0.6 is 34.8 Å². The fourth-order valence-corrected chi connectivity index (χ4v) is 3.22. The van der Waals surface area contributed by atoms with Crippen LogP contribution in [0.4, 0.5) is 5.69 Å². The monoisotopic (exact) mass is 405 g/mol. The summed E-state index contributed by atoms with van der Waals surface area (Å²) in [5, 5.41) is 15.8. The van der Waals surface area contributed by atoms with Gasteiger partial charge in [0, 0.05) is 17.1 Å². The van der Waals surface area contributed by atoms with E-state index in [1.807, 2.05) is 66.7 Å². The van der Waals surface area contributed by atoms with Crippen LogP contribution in [0.15, 0.2) is 72.8 Å². The van der Waals surface area contributed by atoms with Gasteiger partial charge in [-0.1, -0.05) is 71.2 Å². The number of aliphatic hydroxyl groups is 1. The maximum Gasteiger partial charge on any atom is 0.0812 e. The van der Waals surface area contributed by atoms with Crippen molar-refractivity contribution in [2.45, 2.75) is 18.6 Å². The number of nitrogens with one attached hydrogen (secondary N) is 1. The summed E-state index contributed by atoms with van der Waals surface area (Å²) >= 11 is 18.2. The van der Waals surface area contributed by atoms with Gasteiger partial charge in [-0.2, -0.15) is 0 Å². The lowest BCUT2D eigenvalue weighted by molar-refractivity contribution is 0.160. The van der Waals surface area contributed by atoms with E-state index in [0.717, 1.165) is 16.8 Å². The van der Waals surface area contributed by atoms with Crippen molar-refractivity contribution in [2.24, 2.45) is 0 Å². The molecule has 26 heavy (non-hydrogen) atoms. The van der Waals surface area contributed by atoms with Crippen molar-refractivity contribution in [1.29, 1.82) is 0 Å². The maximum atomic E-state index is 10.7. The zero-order valence-corrected chi connectivity index (χ0v) is 16.1. The summed E-state index contributed by atoms with van der Waals surface area (Å²) in [6, 6.07) is 22.4. The lowest BCUT2D eigenvalue weighted by atomic mass is 9.96. The second kappa shape index (κ2) is 8.79. The molecular weight excluding hydrogens is 389 g/mol. The molecule has 2 atom stereocenters. The molecule has 0 aromatic heterocycles. The van der Waals surface area contributed by atoms with Crippen LogP contribution in [0.3, 0.4) is 0 Å². The summed E-state index contributed by atoms with van der Waals surface area (Å²) in [6.45, 7) is 0. The Morgan fingerprint density at radius 3 is 2.12 bits per heavy atom. The van der Waals surface area contributed by atoms with Gasteiger partial charge in [-0.3, -0.25) is 0 Å². The van der Waals surface area contributed by atoms with Crippen molar-refractivity contribution >= 4 is 40.5 Å². The Morgan fingerprint density at radius 1 is 0.769 bits per heavy atom. The molecule has 0 heterocycles. The molecule has 0 bridgehead atoms. The van der Waals surface area contributed by atoms with Gasteiger partial charge in [0.05, 0.1) is 22.2 Å². The zero-order chi connectivity index (χ0) is 18.5. The molecule has 5 heteroatoms. The first kappa shape index (κ1) is 19.1. The predicted octanol–water partition coefficient (Wildman–Crippen LogP) is 6.92. The second-order valence-corrected chi connectivity index (χ2v) is 7.29. The van der Waals surface area contributed by atoms with E-state index in [0.29, 0.717) is 21.5 Å². The first-order chi connectivity index (χ1) is 12.5. The average molecular weight is 407 g/mol. The Balaban J connectivity index is 1.87. The van der Waals surface area contributed by atoms with Gasteiger partial charge in [0.15, 0.2) is 0 Å². The van der Waals surface area contributed by atoms with Gasteiger partial charge in [0.2, 0.25) is 0 Å². The van der Waals surface area contributed by atoms with Crippen LogP contribution < -0.4 is 5.32 Å². The number of aliphatic hydroxyl groups excluding tert-OH is 1. The van der Waals surface area contributed by atoms with E-state index in [9.17, 15) is 5.11 Å². The summed E-state index contributed by atoms with van der Waals surface area (Å²) < 4.78 is 0. The molecule has 2 N–H and O–H groups in total. The van der Waals surface area contributed by atoms with Crippen LogP contribution in [0.25, 0.3) is 0 Å². The van der Waals surface area contributed by atoms with E-state index in [1.54, 1.807) is 6.07 Å². The van der Waals surface area contributed by atoms with Gasteiger partial charge in [0.25, 0.3) is 0 Å². The van der Waals surface area contributed by atoms with Gasteiger partial charge in [-0.25, -0.2) is 0 Å². The van der Waals surface area contributed by atoms with E-state index in [4.69, 9.17) is 34.8 Å². The van der Waals surface area contributed by atoms with Crippen molar-refractivity contribution in [1.82, 2.24) is 0 Å². The Hall–Kier alpha value is -1.71. The van der Waals surface area contributed by atoms with Crippen molar-refractivity contribution in [3.63, 3.8) is 0 Å². The Bertz CT molecular complexity index is 853. The first-order valence-corrected chi connectivity index (χ1v) is 9.36. The van der Waals surface area contributed by atoms with Crippen LogP contribution in [0.2, 0.25) is 15.1 Å². The van der Waals surface area contributed by atoms with Gasteiger partial charge >= 0.3 is 0 Å². The number of halogens is 3. The number of hydrogen-bond acceptors (Lipinski definition) is 2. The summed E-state index contributed by atoms with van der Waals surface area (Å²) in [4.78, 5) is 0. The molecular formula is C21H18Cl3NO. The highest BCUT2D eigenvalue weighted by molar-refractivity contribution is 6.42. The van der Waals surface area contributed by atoms with E-state index in [2.05, 4.69) is 5.32 Å². The molecule has 2 nitrogen and oxygen atoms in total. The second-order valence-electron chi connectivity index (χ2n) is 6.04. The Labute approximate surface area is 168 Å². The summed E-state index contributed by atoms with van der Waals surface area (Å²) in [7, 11) is 0. The smallest absolute Gasteiger partial charge is 0.0812 e. The highest BCUT2D eigenvalue weighted by Gasteiger charge is 2.19. The number of anilines is 1. The Kier molecular flexibility index (Phi) is 6.44. The third kappa shape index (κ3) is 4.93. The first-order valence-electron chi connectivity index (χ1n) is 8.23. The Morgan fingerprint density at radius 2 is 1.46 bits per heavy atom. The van der Waals surface area contributed by atoms with Crippen molar-refractivity contribution < 1.29 is 5.11 Å². The number of rotatable bonds is 6. The van der Waals surface area contributed by atoms with Crippen LogP contribution in [0.1, 0.15) is 29.7 Å². The van der Waals surface area contributed by atoms with E-state index >= 15 is 0 Å². The predicted molar refractivity (Wildman–Crippen MR) is 110 cm³/mol. The average Bonchev–Trinajstić information content (AvgIpc) is 2.66. The van der Waals surface area contributed by atoms with Crippen LogP contribution in [-0.2, 0) is 0 Å². The summed E-state index contributed by atoms with van der Waals surface area (Å²) in [6.07, 6.45) is -0.139. The zero-order valence-electron chi connectivity index (χ0n) is 13.9. The van der Waals surface area contributed by atoms with Gasteiger partial charge < -0.3 is 10.4 Å². The van der Waals surface area contributed by atoms with E-state index in [1.165, 1.54) is 0 Å². The highest BCUT2D eigenvalue weighted by Crippen LogP contribution is 2.33. The van der Waals surface area contributed by atoms with Crippen molar-refractivity contribution in [3.05, 3.63) is 99.0 Å². The molecule has 0 saturated carbocycles. The molecule has 134 valence electrons. The lowest BCUT2D eigenvalue weighted by Gasteiger charge is -2.24. The molecule has 3 rings (SSSR count). The minimum atomic E-state index is -0.615. The molecule has 0 spiro atoms. The third-order valence-electron chi connectivity index (χ3n) is 4.17. The number of benzene rings is 3. The van der Waals surface area contributed by atoms with Crippen LogP contribution in [0, 0.1) is 0 Å². The van der Waals surface area contributed by atoms with E-state index < -0.39 is 6.10 Å². The highest BCUT2D eigenvalue weighted by atomic mass is 35.5. The quantitative estimate of drug-likeness (QED) is 0.465. The summed E-state index contributed by atoms with van der Waals surface area (Å²) in [5.74, 6) is 0. The summed E-state index contributed by atoms with van der Waals surface area (Å²) in [5.41, 5.74) is 2.73. The molecule has 3 aromatic rings. The van der Waals surface area contributed by atoms with Gasteiger partial charge in [-0.05, 0) is 47.5 Å². The molecule has 3 aromatic carbocycles. The lowest BCUT2D eigenvalue weighted by Crippen LogP contribution is -2.15. The standard InChI is InChI=1S/C21H18Cl3NO/c22-16-7-9-17(10-8-16)25-20(15-6-11-18(23)19(24)12-15)13-21(26)14-4-2-1-3-5-14/h1-12,20-21,25-26H,13H2. The van der Waals surface area contributed by atoms with Gasteiger partial charge in [-0.15, -0.1) is 0 Å². The van der Waals surface area contributed by atoms with Gasteiger partial charge in [0.1, 0.15) is 0 Å². The minimum absolute atomic E-state index is 0.152. The molecule has 0 radical (unpaired) electrons. The normalized spacial score (nSPS) is 13.2.